The zero-order valence-electron chi connectivity index (χ0n) is 19.1. The molecule has 0 unspecified atom stereocenters. The lowest BCUT2D eigenvalue weighted by atomic mass is 9.81. The number of carbonyl (C=O) groups is 1. The first-order valence-corrected chi connectivity index (χ1v) is 11.5. The Morgan fingerprint density at radius 1 is 1.19 bits per heavy atom. The Labute approximate surface area is 208 Å². The van der Waals surface area contributed by atoms with E-state index in [1.807, 2.05) is 18.2 Å². The average Bonchev–Trinajstić information content (AvgIpc) is 2.76. The molecule has 3 aromatic rings. The molecule has 1 amide bonds. The number of halogens is 5. The highest BCUT2D eigenvalue weighted by atomic mass is 35.5. The fourth-order valence-electron chi connectivity index (χ4n) is 3.99. The molecule has 1 heterocycles. The van der Waals surface area contributed by atoms with Gasteiger partial charge in [-0.1, -0.05) is 35.9 Å². The zero-order chi connectivity index (χ0) is 26.0. The summed E-state index contributed by atoms with van der Waals surface area (Å²) in [6, 6.07) is 10.0. The van der Waals surface area contributed by atoms with E-state index in [9.17, 15) is 22.8 Å². The number of hydrogen-bond acceptors (Lipinski definition) is 4. The molecule has 0 radical (unpaired) electrons. The summed E-state index contributed by atoms with van der Waals surface area (Å²) in [7, 11) is 0. The predicted molar refractivity (Wildman–Crippen MR) is 125 cm³/mol. The third-order valence-electron chi connectivity index (χ3n) is 5.98. The van der Waals surface area contributed by atoms with Gasteiger partial charge in [-0.15, -0.1) is 0 Å². The lowest BCUT2D eigenvalue weighted by Crippen LogP contribution is -2.42. The normalized spacial score (nSPS) is 17.5. The minimum atomic E-state index is -4.88. The molecule has 36 heavy (non-hydrogen) atoms. The predicted octanol–water partition coefficient (Wildman–Crippen LogP) is 5.17. The molecule has 2 N–H and O–H groups in total. The number of aryl methyl sites for hydroxylation is 1. The van der Waals surface area contributed by atoms with Crippen LogP contribution in [0.1, 0.15) is 35.2 Å². The topological polar surface area (TPSA) is 84.1 Å². The fourth-order valence-corrected chi connectivity index (χ4v) is 4.18. The van der Waals surface area contributed by atoms with Gasteiger partial charge in [0, 0.05) is 34.8 Å². The fraction of sp³-hybridized carbons (Fsp3) is 0.320. The third-order valence-corrected chi connectivity index (χ3v) is 6.35. The molecule has 1 aromatic heterocycles. The largest absolute Gasteiger partial charge is 0.417 e. The number of ether oxygens (including phenoxy) is 1. The van der Waals surface area contributed by atoms with E-state index < -0.39 is 34.5 Å². The smallest absolute Gasteiger partial charge is 0.373 e. The molecular weight excluding hydrogens is 502 g/mol. The van der Waals surface area contributed by atoms with E-state index in [0.717, 1.165) is 17.7 Å². The molecule has 1 fully saturated rings. The Kier molecular flexibility index (Phi) is 7.46. The summed E-state index contributed by atoms with van der Waals surface area (Å²) in [4.78, 5) is 30.3. The van der Waals surface area contributed by atoms with Crippen LogP contribution in [0.3, 0.4) is 0 Å². The second-order valence-electron chi connectivity index (χ2n) is 8.60. The molecule has 190 valence electrons. The Hall–Kier alpha value is -3.24. The maximum Gasteiger partial charge on any atom is 0.417 e. The first-order valence-electron chi connectivity index (χ1n) is 11.1. The van der Waals surface area contributed by atoms with Crippen LogP contribution in [-0.2, 0) is 28.9 Å². The summed E-state index contributed by atoms with van der Waals surface area (Å²) in [5, 5.41) is 3.17. The summed E-state index contributed by atoms with van der Waals surface area (Å²) in [6.45, 7) is 1.40. The van der Waals surface area contributed by atoms with Crippen molar-refractivity contribution in [3.63, 3.8) is 0 Å². The molecule has 0 spiro atoms. The number of nitrogens with one attached hydrogen (secondary N) is 2. The molecule has 1 saturated carbocycles. The van der Waals surface area contributed by atoms with Crippen molar-refractivity contribution in [2.24, 2.45) is 5.92 Å². The van der Waals surface area contributed by atoms with Crippen molar-refractivity contribution in [3.05, 3.63) is 86.0 Å². The number of H-pyrrole nitrogens is 1. The van der Waals surface area contributed by atoms with Crippen LogP contribution in [0.5, 0.6) is 0 Å². The average molecular weight is 524 g/mol. The van der Waals surface area contributed by atoms with E-state index in [-0.39, 0.29) is 35.7 Å². The summed E-state index contributed by atoms with van der Waals surface area (Å²) < 4.78 is 61.8. The van der Waals surface area contributed by atoms with Crippen LogP contribution in [-0.4, -0.2) is 22.0 Å². The van der Waals surface area contributed by atoms with Crippen molar-refractivity contribution < 1.29 is 27.1 Å². The number of benzene rings is 2. The van der Waals surface area contributed by atoms with Crippen molar-refractivity contribution in [2.75, 3.05) is 0 Å². The second-order valence-corrected chi connectivity index (χ2v) is 9.01. The van der Waals surface area contributed by atoms with Crippen molar-refractivity contribution in [1.29, 1.82) is 0 Å². The SMILES string of the molecule is Cc1cc(=O)[nH]c(-c2c(C(F)(F)F)ccc(CNC(=O)C3CC(OCc4ccccc4Cl)C3)c2F)n1. The van der Waals surface area contributed by atoms with E-state index in [2.05, 4.69) is 15.3 Å². The molecule has 0 bridgehead atoms. The molecule has 4 rings (SSSR count). The number of alkyl halides is 3. The molecule has 6 nitrogen and oxygen atoms in total. The number of amides is 1. The molecule has 1 aliphatic rings. The molecule has 0 atom stereocenters. The highest BCUT2D eigenvalue weighted by Crippen LogP contribution is 2.38. The van der Waals surface area contributed by atoms with Crippen molar-refractivity contribution in [1.82, 2.24) is 15.3 Å². The van der Waals surface area contributed by atoms with Crippen molar-refractivity contribution in [3.8, 4) is 11.4 Å². The van der Waals surface area contributed by atoms with E-state index in [1.165, 1.54) is 6.92 Å². The van der Waals surface area contributed by atoms with E-state index in [0.29, 0.717) is 30.5 Å². The standard InChI is InChI=1S/C25H22ClF4N3O3/c1-13-8-20(34)33-23(32-13)21-18(25(28,29)30)7-6-14(22(21)27)11-31-24(35)16-9-17(10-16)36-12-15-4-2-3-5-19(15)26/h2-8,16-17H,9-12H2,1H3,(H,31,35)(H,32,33,34). The molecular formula is C25H22ClF4N3O3. The van der Waals surface area contributed by atoms with Crippen LogP contribution in [0.4, 0.5) is 17.6 Å². The van der Waals surface area contributed by atoms with Crippen molar-refractivity contribution in [2.45, 2.75) is 45.2 Å². The van der Waals surface area contributed by atoms with Gasteiger partial charge in [-0.3, -0.25) is 9.59 Å². The van der Waals surface area contributed by atoms with Crippen LogP contribution in [0.25, 0.3) is 11.4 Å². The highest BCUT2D eigenvalue weighted by Gasteiger charge is 2.38. The van der Waals surface area contributed by atoms with Crippen LogP contribution < -0.4 is 10.9 Å². The van der Waals surface area contributed by atoms with Crippen molar-refractivity contribution >= 4 is 17.5 Å². The van der Waals surface area contributed by atoms with Gasteiger partial charge in [-0.2, -0.15) is 13.2 Å². The Morgan fingerprint density at radius 2 is 1.92 bits per heavy atom. The van der Waals surface area contributed by atoms with Gasteiger partial charge in [0.15, 0.2) is 0 Å². The molecule has 0 saturated heterocycles. The number of hydrogen-bond donors (Lipinski definition) is 2. The highest BCUT2D eigenvalue weighted by molar-refractivity contribution is 6.31. The Morgan fingerprint density at radius 3 is 2.58 bits per heavy atom. The lowest BCUT2D eigenvalue weighted by Gasteiger charge is -2.34. The van der Waals surface area contributed by atoms with Gasteiger partial charge in [-0.05, 0) is 37.5 Å². The first-order chi connectivity index (χ1) is 17.0. The number of rotatable bonds is 7. The number of carbonyl (C=O) groups excluding carboxylic acids is 1. The second kappa shape index (κ2) is 10.4. The Bertz CT molecular complexity index is 1340. The van der Waals surface area contributed by atoms with Crippen LogP contribution >= 0.6 is 11.6 Å². The number of aromatic nitrogens is 2. The van der Waals surface area contributed by atoms with Gasteiger partial charge in [0.1, 0.15) is 11.6 Å². The molecule has 1 aliphatic carbocycles. The number of aromatic amines is 1. The number of nitrogens with zero attached hydrogens (tertiary/aromatic N) is 1. The molecule has 0 aliphatic heterocycles. The van der Waals surface area contributed by atoms with Crippen LogP contribution in [0.2, 0.25) is 5.02 Å². The van der Waals surface area contributed by atoms with E-state index >= 15 is 4.39 Å². The van der Waals surface area contributed by atoms with E-state index in [1.54, 1.807) is 6.07 Å². The van der Waals surface area contributed by atoms with Gasteiger partial charge in [0.25, 0.3) is 5.56 Å². The van der Waals surface area contributed by atoms with Gasteiger partial charge >= 0.3 is 6.18 Å². The maximum absolute atomic E-state index is 15.3. The zero-order valence-corrected chi connectivity index (χ0v) is 19.8. The van der Waals surface area contributed by atoms with E-state index in [4.69, 9.17) is 16.3 Å². The summed E-state index contributed by atoms with van der Waals surface area (Å²) in [5.74, 6) is -2.45. The minimum Gasteiger partial charge on any atom is -0.373 e. The minimum absolute atomic E-state index is 0.129. The first kappa shape index (κ1) is 25.8. The van der Waals surface area contributed by atoms with Gasteiger partial charge < -0.3 is 15.0 Å². The van der Waals surface area contributed by atoms with Crippen LogP contribution in [0.15, 0.2) is 47.3 Å². The Balaban J connectivity index is 1.42. The van der Waals surface area contributed by atoms with Gasteiger partial charge in [0.05, 0.1) is 23.8 Å². The van der Waals surface area contributed by atoms with Gasteiger partial charge in [0.2, 0.25) is 5.91 Å². The van der Waals surface area contributed by atoms with Gasteiger partial charge in [-0.25, -0.2) is 9.37 Å². The van der Waals surface area contributed by atoms with Crippen LogP contribution in [0, 0.1) is 18.7 Å². The summed E-state index contributed by atoms with van der Waals surface area (Å²) in [5.41, 5.74) is -2.05. The third kappa shape index (κ3) is 5.76. The summed E-state index contributed by atoms with van der Waals surface area (Å²) in [6.07, 6.45) is -4.09. The lowest BCUT2D eigenvalue weighted by molar-refractivity contribution is -0.137. The summed E-state index contributed by atoms with van der Waals surface area (Å²) >= 11 is 6.10. The quantitative estimate of drug-likeness (QED) is 0.419. The molecule has 2 aromatic carbocycles. The maximum atomic E-state index is 15.3. The monoisotopic (exact) mass is 523 g/mol. The molecule has 11 heteroatoms.